The number of hydrogen-bond donors (Lipinski definition) is 1. The summed E-state index contributed by atoms with van der Waals surface area (Å²) >= 11 is 0. The van der Waals surface area contributed by atoms with E-state index in [9.17, 15) is 9.59 Å². The molecule has 0 spiro atoms. The minimum absolute atomic E-state index is 0.203. The van der Waals surface area contributed by atoms with E-state index in [1.165, 1.54) is 0 Å². The highest BCUT2D eigenvalue weighted by molar-refractivity contribution is 6.00. The van der Waals surface area contributed by atoms with Crippen LogP contribution in [0.25, 0.3) is 5.69 Å². The van der Waals surface area contributed by atoms with Crippen LogP contribution < -0.4 is 5.32 Å². The molecule has 3 rings (SSSR count). The molecule has 0 bridgehead atoms. The van der Waals surface area contributed by atoms with Crippen LogP contribution in [0.2, 0.25) is 0 Å². The van der Waals surface area contributed by atoms with Crippen LogP contribution >= 0.6 is 0 Å². The zero-order chi connectivity index (χ0) is 14.1. The van der Waals surface area contributed by atoms with E-state index in [1.807, 2.05) is 48.0 Å². The van der Waals surface area contributed by atoms with Crippen molar-refractivity contribution >= 4 is 11.8 Å². The molecule has 2 aromatic rings. The number of imide groups is 1. The van der Waals surface area contributed by atoms with Gasteiger partial charge in [-0.2, -0.15) is 0 Å². The lowest BCUT2D eigenvalue weighted by atomic mass is 9.95. The SMILES string of the molecule is Cc1nc(C2CCC(=O)NC2=O)cn1-c1ccccc1. The molecule has 5 nitrogen and oxygen atoms in total. The van der Waals surface area contributed by atoms with Gasteiger partial charge in [-0.3, -0.25) is 14.9 Å². The Morgan fingerprint density at radius 1 is 1.25 bits per heavy atom. The Balaban J connectivity index is 1.93. The lowest BCUT2D eigenvalue weighted by molar-refractivity contribution is -0.134. The second-order valence-electron chi connectivity index (χ2n) is 4.92. The predicted octanol–water partition coefficient (Wildman–Crippen LogP) is 1.70. The standard InChI is InChI=1S/C15H15N3O2/c1-10-16-13(12-7-8-14(19)17-15(12)20)9-18(10)11-5-3-2-4-6-11/h2-6,9,12H,7-8H2,1H3,(H,17,19,20). The van der Waals surface area contributed by atoms with Crippen LogP contribution in [0.3, 0.4) is 0 Å². The number of para-hydroxylation sites is 1. The maximum atomic E-state index is 11.9. The number of aromatic nitrogens is 2. The number of hydrogen-bond acceptors (Lipinski definition) is 3. The molecule has 1 aliphatic rings. The van der Waals surface area contributed by atoms with Crippen molar-refractivity contribution in [2.24, 2.45) is 0 Å². The molecular weight excluding hydrogens is 254 g/mol. The molecule has 0 radical (unpaired) electrons. The van der Waals surface area contributed by atoms with E-state index >= 15 is 0 Å². The zero-order valence-corrected chi connectivity index (χ0v) is 11.2. The molecular formula is C15H15N3O2. The Bertz CT molecular complexity index is 661. The Hall–Kier alpha value is -2.43. The highest BCUT2D eigenvalue weighted by atomic mass is 16.2. The van der Waals surface area contributed by atoms with Gasteiger partial charge in [0.05, 0.1) is 11.6 Å². The van der Waals surface area contributed by atoms with Crippen molar-refractivity contribution in [3.8, 4) is 5.69 Å². The van der Waals surface area contributed by atoms with E-state index in [1.54, 1.807) is 0 Å². The molecule has 1 atom stereocenters. The van der Waals surface area contributed by atoms with Gasteiger partial charge in [-0.05, 0) is 25.5 Å². The molecule has 5 heteroatoms. The molecule has 1 unspecified atom stereocenters. The van der Waals surface area contributed by atoms with Gasteiger partial charge in [0.15, 0.2) is 0 Å². The van der Waals surface area contributed by atoms with E-state index in [0.29, 0.717) is 12.8 Å². The first-order chi connectivity index (χ1) is 9.65. The summed E-state index contributed by atoms with van der Waals surface area (Å²) in [6.07, 6.45) is 2.77. The molecule has 20 heavy (non-hydrogen) atoms. The van der Waals surface area contributed by atoms with Crippen LogP contribution in [0.4, 0.5) is 0 Å². The van der Waals surface area contributed by atoms with Crippen molar-refractivity contribution in [1.29, 1.82) is 0 Å². The van der Waals surface area contributed by atoms with Crippen molar-refractivity contribution < 1.29 is 9.59 Å². The highest BCUT2D eigenvalue weighted by Crippen LogP contribution is 2.25. The average molecular weight is 269 g/mol. The van der Waals surface area contributed by atoms with Gasteiger partial charge < -0.3 is 4.57 Å². The third-order valence-corrected chi connectivity index (χ3v) is 3.53. The average Bonchev–Trinajstić information content (AvgIpc) is 2.81. The van der Waals surface area contributed by atoms with Gasteiger partial charge in [0.1, 0.15) is 5.82 Å². The number of carbonyl (C=O) groups is 2. The van der Waals surface area contributed by atoms with Gasteiger partial charge in [0.25, 0.3) is 0 Å². The minimum atomic E-state index is -0.337. The summed E-state index contributed by atoms with van der Waals surface area (Å²) in [6.45, 7) is 1.91. The number of aryl methyl sites for hydroxylation is 1. The summed E-state index contributed by atoms with van der Waals surface area (Å²) in [7, 11) is 0. The lowest BCUT2D eigenvalue weighted by Gasteiger charge is -2.18. The summed E-state index contributed by atoms with van der Waals surface area (Å²) in [4.78, 5) is 27.5. The Kier molecular flexibility index (Phi) is 3.10. The van der Waals surface area contributed by atoms with Crippen LogP contribution in [-0.2, 0) is 9.59 Å². The van der Waals surface area contributed by atoms with E-state index in [-0.39, 0.29) is 17.7 Å². The van der Waals surface area contributed by atoms with Crippen LogP contribution in [0.15, 0.2) is 36.5 Å². The predicted molar refractivity (Wildman–Crippen MR) is 73.4 cm³/mol. The van der Waals surface area contributed by atoms with E-state index in [4.69, 9.17) is 0 Å². The molecule has 1 saturated heterocycles. The van der Waals surface area contributed by atoms with Crippen LogP contribution in [0.5, 0.6) is 0 Å². The van der Waals surface area contributed by atoms with Crippen molar-refractivity contribution in [3.05, 3.63) is 48.0 Å². The first-order valence-electron chi connectivity index (χ1n) is 6.60. The number of carbonyl (C=O) groups excluding carboxylic acids is 2. The van der Waals surface area contributed by atoms with Crippen LogP contribution in [0, 0.1) is 6.92 Å². The second-order valence-corrected chi connectivity index (χ2v) is 4.92. The molecule has 2 heterocycles. The summed E-state index contributed by atoms with van der Waals surface area (Å²) in [5.74, 6) is 0.0386. The Morgan fingerprint density at radius 3 is 2.70 bits per heavy atom. The van der Waals surface area contributed by atoms with Gasteiger partial charge in [-0.15, -0.1) is 0 Å². The van der Waals surface area contributed by atoms with Crippen molar-refractivity contribution in [3.63, 3.8) is 0 Å². The molecule has 0 aliphatic carbocycles. The molecule has 1 aromatic heterocycles. The number of imidazole rings is 1. The van der Waals surface area contributed by atoms with E-state index in [0.717, 1.165) is 17.2 Å². The number of nitrogens with zero attached hydrogens (tertiary/aromatic N) is 2. The number of nitrogens with one attached hydrogen (secondary N) is 1. The maximum absolute atomic E-state index is 11.9. The lowest BCUT2D eigenvalue weighted by Crippen LogP contribution is -2.39. The monoisotopic (exact) mass is 269 g/mol. The van der Waals surface area contributed by atoms with Crippen molar-refractivity contribution in [2.45, 2.75) is 25.7 Å². The summed E-state index contributed by atoms with van der Waals surface area (Å²) in [6, 6.07) is 9.85. The normalized spacial score (nSPS) is 18.9. The molecule has 1 fully saturated rings. The highest BCUT2D eigenvalue weighted by Gasteiger charge is 2.30. The number of amides is 2. The van der Waals surface area contributed by atoms with Gasteiger partial charge >= 0.3 is 0 Å². The number of piperidine rings is 1. The topological polar surface area (TPSA) is 64.0 Å². The van der Waals surface area contributed by atoms with Gasteiger partial charge in [0, 0.05) is 18.3 Å². The van der Waals surface area contributed by atoms with Crippen molar-refractivity contribution in [2.75, 3.05) is 0 Å². The number of rotatable bonds is 2. The largest absolute Gasteiger partial charge is 0.304 e. The van der Waals surface area contributed by atoms with Crippen molar-refractivity contribution in [1.82, 2.24) is 14.9 Å². The quantitative estimate of drug-likeness (QED) is 0.844. The summed E-state index contributed by atoms with van der Waals surface area (Å²) in [5, 5.41) is 2.37. The second kappa shape index (κ2) is 4.92. The third-order valence-electron chi connectivity index (χ3n) is 3.53. The zero-order valence-electron chi connectivity index (χ0n) is 11.2. The first-order valence-corrected chi connectivity index (χ1v) is 6.60. The Labute approximate surface area is 116 Å². The molecule has 1 aromatic carbocycles. The third kappa shape index (κ3) is 2.22. The smallest absolute Gasteiger partial charge is 0.235 e. The maximum Gasteiger partial charge on any atom is 0.235 e. The molecule has 0 saturated carbocycles. The molecule has 102 valence electrons. The van der Waals surface area contributed by atoms with Gasteiger partial charge in [-0.25, -0.2) is 4.98 Å². The fourth-order valence-electron chi connectivity index (χ4n) is 2.49. The van der Waals surface area contributed by atoms with E-state index in [2.05, 4.69) is 10.3 Å². The molecule has 2 amide bonds. The van der Waals surface area contributed by atoms with Crippen LogP contribution in [0.1, 0.15) is 30.3 Å². The molecule has 1 aliphatic heterocycles. The van der Waals surface area contributed by atoms with Gasteiger partial charge in [0.2, 0.25) is 11.8 Å². The number of benzene rings is 1. The summed E-state index contributed by atoms with van der Waals surface area (Å²) < 4.78 is 1.96. The first kappa shape index (κ1) is 12.6. The minimum Gasteiger partial charge on any atom is -0.304 e. The van der Waals surface area contributed by atoms with Crippen LogP contribution in [-0.4, -0.2) is 21.4 Å². The fourth-order valence-corrected chi connectivity index (χ4v) is 2.49. The molecule has 1 N–H and O–H groups in total. The van der Waals surface area contributed by atoms with E-state index < -0.39 is 0 Å². The van der Waals surface area contributed by atoms with Gasteiger partial charge in [-0.1, -0.05) is 18.2 Å². The Morgan fingerprint density at radius 2 is 2.00 bits per heavy atom. The fraction of sp³-hybridized carbons (Fsp3) is 0.267. The summed E-state index contributed by atoms with van der Waals surface area (Å²) in [5.41, 5.74) is 1.73.